The second kappa shape index (κ2) is 9.05. The Morgan fingerprint density at radius 1 is 1.43 bits per heavy atom. The number of ether oxygens (including phenoxy) is 1. The van der Waals surface area contributed by atoms with Gasteiger partial charge in [0.25, 0.3) is 17.1 Å². The van der Waals surface area contributed by atoms with Crippen LogP contribution in [0.4, 0.5) is 11.7 Å². The van der Waals surface area contributed by atoms with Gasteiger partial charge in [-0.3, -0.25) is 4.79 Å². The molecule has 3 aromatic rings. The third-order valence-electron chi connectivity index (χ3n) is 3.71. The lowest BCUT2D eigenvalue weighted by Crippen LogP contribution is -2.15. The largest absolute Gasteiger partial charge is 0.470 e. The number of aromatic nitrogens is 2. The summed E-state index contributed by atoms with van der Waals surface area (Å²) < 4.78 is 10.5. The van der Waals surface area contributed by atoms with E-state index >= 15 is 0 Å². The number of amides is 1. The van der Waals surface area contributed by atoms with Crippen molar-refractivity contribution in [2.24, 2.45) is 0 Å². The van der Waals surface area contributed by atoms with E-state index in [4.69, 9.17) is 26.5 Å². The minimum absolute atomic E-state index is 0.0742. The number of anilines is 2. The number of halogens is 1. The number of thiazole rings is 1. The molecule has 0 saturated carbocycles. The molecule has 0 aliphatic heterocycles. The van der Waals surface area contributed by atoms with Gasteiger partial charge in [0.05, 0.1) is 22.2 Å². The fraction of sp³-hybridized carbons (Fsp3) is 0.278. The maximum absolute atomic E-state index is 12.2. The maximum Gasteiger partial charge on any atom is 0.292 e. The molecule has 0 atom stereocenters. The molecular weight excluding hydrogens is 402 g/mol. The standard InChI is InChI=1S/C18H20ClN5O3S/c1-24(2)6-3-7-26-18-21-9-15(28-18)11-4-5-12(19)13(8-11)22-16(25)14-10-27-17(20)23-14/h4-5,8-10H,3,6-7H2,1-2H3,(H2,20,23)(H,22,25). The van der Waals surface area contributed by atoms with Gasteiger partial charge < -0.3 is 25.1 Å². The highest BCUT2D eigenvalue weighted by molar-refractivity contribution is 7.16. The Hall–Kier alpha value is -2.62. The first-order valence-electron chi connectivity index (χ1n) is 8.48. The molecule has 10 heteroatoms. The van der Waals surface area contributed by atoms with Crippen LogP contribution in [0.3, 0.4) is 0 Å². The molecule has 0 unspecified atom stereocenters. The topological polar surface area (TPSA) is 107 Å². The van der Waals surface area contributed by atoms with Crippen LogP contribution in [-0.4, -0.2) is 48.0 Å². The number of carbonyl (C=O) groups is 1. The monoisotopic (exact) mass is 421 g/mol. The summed E-state index contributed by atoms with van der Waals surface area (Å²) in [5.74, 6) is -0.464. The molecule has 0 aliphatic carbocycles. The molecule has 0 fully saturated rings. The van der Waals surface area contributed by atoms with Crippen molar-refractivity contribution in [1.29, 1.82) is 0 Å². The van der Waals surface area contributed by atoms with Crippen LogP contribution in [0, 0.1) is 0 Å². The highest BCUT2D eigenvalue weighted by Crippen LogP contribution is 2.34. The summed E-state index contributed by atoms with van der Waals surface area (Å²) in [5, 5.41) is 3.71. The first-order chi connectivity index (χ1) is 13.4. The van der Waals surface area contributed by atoms with Gasteiger partial charge in [0, 0.05) is 12.7 Å². The van der Waals surface area contributed by atoms with Crippen molar-refractivity contribution in [2.45, 2.75) is 6.42 Å². The van der Waals surface area contributed by atoms with Crippen LogP contribution < -0.4 is 15.8 Å². The zero-order valence-electron chi connectivity index (χ0n) is 15.4. The highest BCUT2D eigenvalue weighted by atomic mass is 35.5. The third-order valence-corrected chi connectivity index (χ3v) is 5.00. The van der Waals surface area contributed by atoms with Gasteiger partial charge in [-0.25, -0.2) is 4.98 Å². The van der Waals surface area contributed by atoms with E-state index < -0.39 is 5.91 Å². The van der Waals surface area contributed by atoms with E-state index in [2.05, 4.69) is 20.2 Å². The number of oxazole rings is 1. The van der Waals surface area contributed by atoms with Crippen LogP contribution in [0.2, 0.25) is 5.02 Å². The van der Waals surface area contributed by atoms with E-state index in [0.29, 0.717) is 22.5 Å². The number of hydrogen-bond donors (Lipinski definition) is 2. The Labute approximate surface area is 171 Å². The molecule has 2 aromatic heterocycles. The van der Waals surface area contributed by atoms with Gasteiger partial charge in [-0.05, 0) is 38.2 Å². The van der Waals surface area contributed by atoms with Gasteiger partial charge in [0.1, 0.15) is 6.26 Å². The lowest BCUT2D eigenvalue weighted by molar-refractivity contribution is 0.102. The molecule has 8 nitrogen and oxygen atoms in total. The van der Waals surface area contributed by atoms with E-state index in [9.17, 15) is 4.79 Å². The smallest absolute Gasteiger partial charge is 0.292 e. The zero-order chi connectivity index (χ0) is 20.1. The van der Waals surface area contributed by atoms with E-state index in [0.717, 1.165) is 23.4 Å². The SMILES string of the molecule is CN(C)CCCOc1ncc(-c2ccc(Cl)c(NC(=O)c3coc(N)n3)c2)s1. The van der Waals surface area contributed by atoms with Gasteiger partial charge >= 0.3 is 0 Å². The summed E-state index contributed by atoms with van der Waals surface area (Å²) in [6.07, 6.45) is 3.84. The molecule has 0 saturated heterocycles. The van der Waals surface area contributed by atoms with Crippen molar-refractivity contribution in [2.75, 3.05) is 38.3 Å². The Bertz CT molecular complexity index is 956. The average Bonchev–Trinajstić information content (AvgIpc) is 3.29. The predicted octanol–water partition coefficient (Wildman–Crippen LogP) is 3.62. The lowest BCUT2D eigenvalue weighted by atomic mass is 10.2. The number of rotatable bonds is 8. The van der Waals surface area contributed by atoms with Gasteiger partial charge in [0.2, 0.25) is 0 Å². The minimum Gasteiger partial charge on any atom is -0.470 e. The molecule has 0 radical (unpaired) electrons. The molecular formula is C18H20ClN5O3S. The highest BCUT2D eigenvalue weighted by Gasteiger charge is 2.14. The number of nitrogens with one attached hydrogen (secondary N) is 1. The van der Waals surface area contributed by atoms with Crippen molar-refractivity contribution < 1.29 is 13.9 Å². The Morgan fingerprint density at radius 3 is 2.96 bits per heavy atom. The number of nitrogens with zero attached hydrogens (tertiary/aromatic N) is 3. The van der Waals surface area contributed by atoms with Gasteiger partial charge in [0.15, 0.2) is 5.69 Å². The van der Waals surface area contributed by atoms with E-state index in [1.165, 1.54) is 17.6 Å². The van der Waals surface area contributed by atoms with Gasteiger partial charge in [-0.2, -0.15) is 4.98 Å². The third kappa shape index (κ3) is 5.22. The van der Waals surface area contributed by atoms with Gasteiger partial charge in [-0.15, -0.1) is 0 Å². The quantitative estimate of drug-likeness (QED) is 0.535. The Morgan fingerprint density at radius 2 is 2.25 bits per heavy atom. The van der Waals surface area contributed by atoms with E-state index in [1.54, 1.807) is 18.3 Å². The van der Waals surface area contributed by atoms with Crippen molar-refractivity contribution in [3.05, 3.63) is 41.4 Å². The van der Waals surface area contributed by atoms with Crippen molar-refractivity contribution >= 4 is 40.5 Å². The summed E-state index contributed by atoms with van der Waals surface area (Å²) in [4.78, 5) is 23.3. The Balaban J connectivity index is 1.68. The number of benzene rings is 1. The molecule has 0 bridgehead atoms. The summed E-state index contributed by atoms with van der Waals surface area (Å²) in [5.41, 5.74) is 6.78. The number of nitrogen functional groups attached to an aromatic ring is 1. The summed E-state index contributed by atoms with van der Waals surface area (Å²) in [6.45, 7) is 1.56. The van der Waals surface area contributed by atoms with Crippen LogP contribution in [0.5, 0.6) is 5.19 Å². The van der Waals surface area contributed by atoms with Crippen LogP contribution in [-0.2, 0) is 0 Å². The van der Waals surface area contributed by atoms with Crippen LogP contribution in [0.25, 0.3) is 10.4 Å². The molecule has 3 rings (SSSR count). The molecule has 1 amide bonds. The molecule has 0 aliphatic rings. The summed E-state index contributed by atoms with van der Waals surface area (Å²) in [7, 11) is 4.05. The van der Waals surface area contributed by atoms with Crippen molar-refractivity contribution in [3.8, 4) is 15.6 Å². The normalized spacial score (nSPS) is 11.0. The summed E-state index contributed by atoms with van der Waals surface area (Å²) >= 11 is 7.64. The Kier molecular flexibility index (Phi) is 6.50. The zero-order valence-corrected chi connectivity index (χ0v) is 17.0. The fourth-order valence-electron chi connectivity index (χ4n) is 2.35. The number of hydrogen-bond acceptors (Lipinski definition) is 8. The molecule has 3 N–H and O–H groups in total. The van der Waals surface area contributed by atoms with Crippen molar-refractivity contribution in [1.82, 2.24) is 14.9 Å². The van der Waals surface area contributed by atoms with Gasteiger partial charge in [-0.1, -0.05) is 29.0 Å². The molecule has 0 spiro atoms. The molecule has 1 aromatic carbocycles. The van der Waals surface area contributed by atoms with Crippen LogP contribution >= 0.6 is 22.9 Å². The first kappa shape index (κ1) is 20.1. The van der Waals surface area contributed by atoms with Crippen LogP contribution in [0.1, 0.15) is 16.9 Å². The van der Waals surface area contributed by atoms with E-state index in [-0.39, 0.29) is 11.7 Å². The van der Waals surface area contributed by atoms with Crippen molar-refractivity contribution in [3.63, 3.8) is 0 Å². The minimum atomic E-state index is -0.464. The first-order valence-corrected chi connectivity index (χ1v) is 9.67. The second-order valence-corrected chi connectivity index (χ2v) is 7.62. The molecule has 2 heterocycles. The lowest BCUT2D eigenvalue weighted by Gasteiger charge is -2.08. The molecule has 28 heavy (non-hydrogen) atoms. The maximum atomic E-state index is 12.2. The number of carbonyl (C=O) groups excluding carboxylic acids is 1. The number of nitrogens with two attached hydrogens (primary N) is 1. The summed E-state index contributed by atoms with van der Waals surface area (Å²) in [6, 6.07) is 5.26. The second-order valence-electron chi connectivity index (χ2n) is 6.22. The fourth-order valence-corrected chi connectivity index (χ4v) is 3.30. The van der Waals surface area contributed by atoms with E-state index in [1.807, 2.05) is 20.2 Å². The molecule has 148 valence electrons. The van der Waals surface area contributed by atoms with Crippen LogP contribution in [0.15, 0.2) is 35.1 Å². The average molecular weight is 422 g/mol. The predicted molar refractivity (Wildman–Crippen MR) is 110 cm³/mol.